The van der Waals surface area contributed by atoms with Crippen LogP contribution in [-0.2, 0) is 0 Å². The van der Waals surface area contributed by atoms with Crippen LogP contribution in [0.5, 0.6) is 0 Å². The summed E-state index contributed by atoms with van der Waals surface area (Å²) < 4.78 is 0. The van der Waals surface area contributed by atoms with Gasteiger partial charge in [-0.2, -0.15) is 0 Å². The minimum atomic E-state index is 1.08. The van der Waals surface area contributed by atoms with Crippen molar-refractivity contribution in [3.63, 3.8) is 0 Å². The molecule has 0 heteroatoms. The van der Waals surface area contributed by atoms with E-state index in [-0.39, 0.29) is 0 Å². The van der Waals surface area contributed by atoms with E-state index in [0.717, 1.165) is 11.6 Å². The highest BCUT2D eigenvalue weighted by Crippen LogP contribution is 1.75. The van der Waals surface area contributed by atoms with E-state index in [1.54, 1.807) is 0 Å². The van der Waals surface area contributed by atoms with Crippen LogP contribution >= 0.6 is 0 Å². The first-order valence-electron chi connectivity index (χ1n) is 8.00. The van der Waals surface area contributed by atoms with Gasteiger partial charge in [-0.05, 0) is 16.9 Å². The van der Waals surface area contributed by atoms with Crippen molar-refractivity contribution in [3.8, 4) is 0 Å². The second-order valence-electron chi connectivity index (χ2n) is 3.02. The number of hydrogen-bond donors (Lipinski definition) is 0. The van der Waals surface area contributed by atoms with Gasteiger partial charge in [0.25, 0.3) is 0 Å². The average Bonchev–Trinajstić information content (AvgIpc) is 2.49. The number of hydrogen-bond acceptors (Lipinski definition) is 0. The lowest BCUT2D eigenvalue weighted by Gasteiger charge is -1.85. The third kappa shape index (κ3) is 22.6. The second kappa shape index (κ2) is 30.2. The molecule has 0 saturated carbocycles. The maximum absolute atomic E-state index is 3.91. The zero-order valence-electron chi connectivity index (χ0n) is 15.0. The Balaban J connectivity index is -0.000000106. The molecule has 114 valence electrons. The molecule has 0 amide bonds. The molecule has 0 saturated heterocycles. The van der Waals surface area contributed by atoms with Gasteiger partial charge in [0.1, 0.15) is 0 Å². The van der Waals surface area contributed by atoms with Crippen molar-refractivity contribution in [1.82, 2.24) is 0 Å². The van der Waals surface area contributed by atoms with Gasteiger partial charge >= 0.3 is 0 Å². The predicted molar refractivity (Wildman–Crippen MR) is 96.0 cm³/mol. The average molecular weight is 267 g/mol. The van der Waals surface area contributed by atoms with Gasteiger partial charge in [0.2, 0.25) is 0 Å². The normalized spacial score (nSPS) is 8.16. The van der Waals surface area contributed by atoms with Crippen LogP contribution in [-0.4, -0.2) is 0 Å². The molecule has 1 aromatic rings. The Labute approximate surface area is 123 Å². The highest BCUT2D eigenvalue weighted by atomic mass is 13.8. The van der Waals surface area contributed by atoms with Crippen LogP contribution in [0.25, 0.3) is 12.7 Å². The lowest BCUT2D eigenvalue weighted by molar-refractivity contribution is 1.09. The Bertz CT molecular complexity index is 309. The summed E-state index contributed by atoms with van der Waals surface area (Å²) >= 11 is 0. The molecule has 0 N–H and O–H groups in total. The van der Waals surface area contributed by atoms with Gasteiger partial charge in [0.15, 0.2) is 0 Å². The van der Waals surface area contributed by atoms with E-state index < -0.39 is 0 Å². The molecule has 0 unspecified atom stereocenters. The Hall–Kier alpha value is -1.04. The van der Waals surface area contributed by atoms with Crippen molar-refractivity contribution in [2.75, 3.05) is 0 Å². The third-order valence-corrected chi connectivity index (χ3v) is 1.48. The van der Waals surface area contributed by atoms with Crippen molar-refractivity contribution in [2.24, 2.45) is 0 Å². The Kier molecular flexibility index (Phi) is 42.1. The lowest BCUT2D eigenvalue weighted by atomic mass is 10.2. The minimum absolute atomic E-state index is 1.08. The van der Waals surface area contributed by atoms with Crippen LogP contribution in [0, 0.1) is 0 Å². The molecular weight excluding hydrogens is 228 g/mol. The molecule has 1 aromatic carbocycles. The van der Waals surface area contributed by atoms with Gasteiger partial charge in [-0.1, -0.05) is 106 Å². The first-order valence-corrected chi connectivity index (χ1v) is 8.00. The van der Waals surface area contributed by atoms with Crippen molar-refractivity contribution >= 4 is 12.7 Å². The fourth-order valence-corrected chi connectivity index (χ4v) is 0.953. The van der Waals surface area contributed by atoms with E-state index in [0.29, 0.717) is 0 Å². The van der Waals surface area contributed by atoms with Gasteiger partial charge in [-0.25, -0.2) is 0 Å². The molecule has 0 bridgehead atoms. The van der Waals surface area contributed by atoms with Crippen LogP contribution in [0.3, 0.4) is 0 Å². The summed E-state index contributed by atoms with van der Waals surface area (Å²) in [5.74, 6) is 0. The Morgan fingerprint density at radius 3 is 1.53 bits per heavy atom. The van der Waals surface area contributed by atoms with Crippen LogP contribution in [0.15, 0.2) is 24.3 Å². The molecule has 0 aliphatic carbocycles. The van der Waals surface area contributed by atoms with Gasteiger partial charge in [-0.3, -0.25) is 0 Å². The fourth-order valence-electron chi connectivity index (χ4n) is 0.953. The summed E-state index contributed by atoms with van der Waals surface area (Å²) in [4.78, 5) is 0. The monoisotopic (exact) mass is 266 g/mol. The summed E-state index contributed by atoms with van der Waals surface area (Å²) in [7, 11) is 0. The highest BCUT2D eigenvalue weighted by Gasteiger charge is 1.76. The van der Waals surface area contributed by atoms with Gasteiger partial charge in [-0.15, -0.1) is 0 Å². The molecule has 0 atom stereocenters. The third-order valence-electron chi connectivity index (χ3n) is 1.48. The molecule has 0 aliphatic heterocycles. The SMILES string of the molecule is C=c1cccc/c1=C/CC.CC.CC.CC.CCC. The summed E-state index contributed by atoms with van der Waals surface area (Å²) in [6.07, 6.45) is 4.51. The van der Waals surface area contributed by atoms with E-state index in [2.05, 4.69) is 39.5 Å². The van der Waals surface area contributed by atoms with Gasteiger partial charge < -0.3 is 0 Å². The van der Waals surface area contributed by atoms with Crippen molar-refractivity contribution in [2.45, 2.75) is 75.2 Å². The zero-order valence-corrected chi connectivity index (χ0v) is 15.0. The largest absolute Gasteiger partial charge is 0.0912 e. The molecule has 1 rings (SSSR count). The van der Waals surface area contributed by atoms with E-state index in [4.69, 9.17) is 0 Å². The minimum Gasteiger partial charge on any atom is -0.0912 e. The van der Waals surface area contributed by atoms with E-state index in [1.807, 2.05) is 59.7 Å². The Morgan fingerprint density at radius 2 is 1.21 bits per heavy atom. The molecule has 0 heterocycles. The number of rotatable bonds is 1. The van der Waals surface area contributed by atoms with Crippen molar-refractivity contribution in [3.05, 3.63) is 34.7 Å². The van der Waals surface area contributed by atoms with Gasteiger partial charge in [0.05, 0.1) is 0 Å². The van der Waals surface area contributed by atoms with Crippen LogP contribution in [0.2, 0.25) is 0 Å². The standard InChI is InChI=1S/C10H12.C3H8.3C2H6/c1-3-6-10-8-5-4-7-9(10)2;1-3-2;3*1-2/h4-8H,2-3H2,1H3;3H2,1-2H3;3*1-2H3/b10-6-;;;;. The van der Waals surface area contributed by atoms with Crippen LogP contribution in [0.4, 0.5) is 0 Å². The van der Waals surface area contributed by atoms with E-state index in [1.165, 1.54) is 11.6 Å². The first kappa shape index (κ1) is 26.5. The molecule has 0 nitrogen and oxygen atoms in total. The van der Waals surface area contributed by atoms with Gasteiger partial charge in [0, 0.05) is 0 Å². The second-order valence-corrected chi connectivity index (χ2v) is 3.02. The number of benzene rings is 1. The summed E-state index contributed by atoms with van der Waals surface area (Å²) in [5.41, 5.74) is 0. The van der Waals surface area contributed by atoms with E-state index >= 15 is 0 Å². The quantitative estimate of drug-likeness (QED) is 0.604. The van der Waals surface area contributed by atoms with Crippen molar-refractivity contribution < 1.29 is 0 Å². The Morgan fingerprint density at radius 1 is 0.842 bits per heavy atom. The molecule has 0 radical (unpaired) electrons. The zero-order chi connectivity index (χ0) is 16.1. The molecular formula is C19H38. The van der Waals surface area contributed by atoms with Crippen LogP contribution < -0.4 is 10.4 Å². The molecule has 0 aliphatic rings. The molecule has 19 heavy (non-hydrogen) atoms. The molecule has 0 fully saturated rings. The predicted octanol–water partition coefficient (Wildman–Crippen LogP) is 5.78. The topological polar surface area (TPSA) is 0 Å². The maximum atomic E-state index is 3.91. The highest BCUT2D eigenvalue weighted by molar-refractivity contribution is 5.25. The lowest BCUT2D eigenvalue weighted by Crippen LogP contribution is -2.21. The van der Waals surface area contributed by atoms with Crippen molar-refractivity contribution in [1.29, 1.82) is 0 Å². The molecule has 0 spiro atoms. The molecule has 0 aromatic heterocycles. The summed E-state index contributed by atoms with van der Waals surface area (Å²) in [6, 6.07) is 8.17. The first-order chi connectivity index (χ1) is 9.26. The maximum Gasteiger partial charge on any atom is -0.0230 e. The smallest absolute Gasteiger partial charge is 0.0230 e. The summed E-state index contributed by atoms with van der Waals surface area (Å²) in [5, 5.41) is 2.37. The fraction of sp³-hybridized carbons (Fsp3) is 0.579. The van der Waals surface area contributed by atoms with E-state index in [9.17, 15) is 0 Å². The summed E-state index contributed by atoms with van der Waals surface area (Å²) in [6.45, 7) is 22.3. The van der Waals surface area contributed by atoms with Crippen LogP contribution in [0.1, 0.15) is 75.2 Å².